The molecule has 0 aliphatic carbocycles. The van der Waals surface area contributed by atoms with E-state index in [4.69, 9.17) is 4.74 Å². The van der Waals surface area contributed by atoms with E-state index in [0.29, 0.717) is 10.6 Å². The van der Waals surface area contributed by atoms with Crippen LogP contribution in [-0.4, -0.2) is 28.6 Å². The maximum absolute atomic E-state index is 13.5. The second-order valence-electron chi connectivity index (χ2n) is 6.59. The van der Waals surface area contributed by atoms with Crippen LogP contribution in [0, 0.1) is 0 Å². The lowest BCUT2D eigenvalue weighted by atomic mass is 10.1. The molecule has 0 aliphatic heterocycles. The largest absolute Gasteiger partial charge is 0.497 e. The van der Waals surface area contributed by atoms with E-state index in [1.165, 1.54) is 5.56 Å². The van der Waals surface area contributed by atoms with Crippen LogP contribution in [0.25, 0.3) is 10.9 Å². The zero-order chi connectivity index (χ0) is 20.3. The summed E-state index contributed by atoms with van der Waals surface area (Å²) in [5.41, 5.74) is 2.85. The zero-order valence-electron chi connectivity index (χ0n) is 16.8. The summed E-state index contributed by atoms with van der Waals surface area (Å²) < 4.78 is 32.2. The lowest BCUT2D eigenvalue weighted by molar-refractivity contribution is -0.347. The molecule has 148 valence electrons. The minimum Gasteiger partial charge on any atom is -0.497 e. The first-order valence-electron chi connectivity index (χ1n) is 9.57. The van der Waals surface area contributed by atoms with Crippen molar-refractivity contribution < 1.29 is 18.1 Å². The SMILES string of the molecule is CCc1ccc2[nH+]cc(S(=O)(=O)c3ccc(OC)cc3)c(N(CC)CC)c2c1. The Morgan fingerprint density at radius 2 is 1.68 bits per heavy atom. The number of ether oxygens (including phenoxy) is 1. The minimum atomic E-state index is -3.70. The Morgan fingerprint density at radius 3 is 2.25 bits per heavy atom. The van der Waals surface area contributed by atoms with E-state index < -0.39 is 9.84 Å². The summed E-state index contributed by atoms with van der Waals surface area (Å²) in [5, 5.41) is 0.928. The van der Waals surface area contributed by atoms with Gasteiger partial charge in [0, 0.05) is 19.2 Å². The maximum Gasteiger partial charge on any atom is 0.214 e. The van der Waals surface area contributed by atoms with Crippen molar-refractivity contribution in [3.63, 3.8) is 0 Å². The number of rotatable bonds is 7. The molecule has 0 radical (unpaired) electrons. The minimum absolute atomic E-state index is 0.251. The topological polar surface area (TPSA) is 60.8 Å². The van der Waals surface area contributed by atoms with Gasteiger partial charge in [0.05, 0.1) is 23.1 Å². The van der Waals surface area contributed by atoms with Crippen LogP contribution in [0.1, 0.15) is 26.3 Å². The fraction of sp³-hybridized carbons (Fsp3) is 0.318. The average Bonchev–Trinajstić information content (AvgIpc) is 2.74. The molecular weight excluding hydrogens is 372 g/mol. The molecule has 3 rings (SSSR count). The van der Waals surface area contributed by atoms with Crippen LogP contribution in [0.4, 0.5) is 5.69 Å². The van der Waals surface area contributed by atoms with Gasteiger partial charge in [-0.2, -0.15) is 0 Å². The van der Waals surface area contributed by atoms with Gasteiger partial charge in [0.1, 0.15) is 5.75 Å². The highest BCUT2D eigenvalue weighted by Gasteiger charge is 2.28. The fourth-order valence-electron chi connectivity index (χ4n) is 3.43. The molecule has 0 bridgehead atoms. The molecule has 0 saturated carbocycles. The van der Waals surface area contributed by atoms with Gasteiger partial charge in [0.2, 0.25) is 15.4 Å². The number of hydrogen-bond donors (Lipinski definition) is 0. The van der Waals surface area contributed by atoms with E-state index in [0.717, 1.165) is 36.1 Å². The Balaban J connectivity index is 2.30. The van der Waals surface area contributed by atoms with Crippen molar-refractivity contribution in [2.45, 2.75) is 37.0 Å². The van der Waals surface area contributed by atoms with Gasteiger partial charge in [-0.15, -0.1) is 0 Å². The number of nitrogens with one attached hydrogen (secondary N) is 1. The number of hydrogen-bond acceptors (Lipinski definition) is 4. The summed E-state index contributed by atoms with van der Waals surface area (Å²) in [6.07, 6.45) is 2.50. The van der Waals surface area contributed by atoms with Gasteiger partial charge in [0.25, 0.3) is 0 Å². The number of aromatic nitrogens is 1. The van der Waals surface area contributed by atoms with Gasteiger partial charge in [-0.1, -0.05) is 13.0 Å². The quantitative estimate of drug-likeness (QED) is 0.604. The predicted octanol–water partition coefficient (Wildman–Crippen LogP) is 3.90. The fourth-order valence-corrected chi connectivity index (χ4v) is 4.89. The second kappa shape index (κ2) is 8.19. The van der Waals surface area contributed by atoms with Crippen LogP contribution in [0.15, 0.2) is 58.5 Å². The predicted molar refractivity (Wildman–Crippen MR) is 112 cm³/mol. The molecule has 5 nitrogen and oxygen atoms in total. The van der Waals surface area contributed by atoms with Crippen LogP contribution >= 0.6 is 0 Å². The standard InChI is InChI=1S/C22H26N2O3S/c1-5-16-8-13-20-19(14-16)22(24(6-2)7-3)21(15-23-20)28(25,26)18-11-9-17(27-4)10-12-18/h8-15H,5-7H2,1-4H3/p+1. The first-order chi connectivity index (χ1) is 13.5. The molecule has 0 amide bonds. The Labute approximate surface area is 166 Å². The third-order valence-corrected chi connectivity index (χ3v) is 6.86. The number of fused-ring (bicyclic) bond motifs is 1. The molecule has 0 fully saturated rings. The van der Waals surface area contributed by atoms with Crippen LogP contribution in [0.3, 0.4) is 0 Å². The average molecular weight is 400 g/mol. The number of aromatic amines is 1. The number of aryl methyl sites for hydroxylation is 1. The van der Waals surface area contributed by atoms with Crippen molar-refractivity contribution in [2.75, 3.05) is 25.1 Å². The van der Waals surface area contributed by atoms with Crippen molar-refractivity contribution in [1.29, 1.82) is 0 Å². The molecule has 0 spiro atoms. The van der Waals surface area contributed by atoms with Gasteiger partial charge in [-0.3, -0.25) is 0 Å². The van der Waals surface area contributed by atoms with E-state index in [-0.39, 0.29) is 4.90 Å². The molecular formula is C22H27N2O3S+. The Bertz CT molecular complexity index is 1070. The van der Waals surface area contributed by atoms with E-state index in [1.54, 1.807) is 37.6 Å². The molecule has 0 saturated heterocycles. The molecule has 1 N–H and O–H groups in total. The number of nitrogens with zero attached hydrogens (tertiary/aromatic N) is 1. The molecule has 1 aromatic heterocycles. The first kappa shape index (κ1) is 20.1. The third kappa shape index (κ3) is 3.56. The van der Waals surface area contributed by atoms with Crippen molar-refractivity contribution in [1.82, 2.24) is 0 Å². The van der Waals surface area contributed by atoms with Gasteiger partial charge < -0.3 is 9.64 Å². The van der Waals surface area contributed by atoms with Crippen LogP contribution in [-0.2, 0) is 16.3 Å². The summed E-state index contributed by atoms with van der Waals surface area (Å²) in [6.45, 7) is 7.62. The molecule has 1 heterocycles. The number of sulfone groups is 1. The van der Waals surface area contributed by atoms with E-state index >= 15 is 0 Å². The van der Waals surface area contributed by atoms with Crippen molar-refractivity contribution >= 4 is 26.4 Å². The molecule has 3 aromatic rings. The number of methoxy groups -OCH3 is 1. The van der Waals surface area contributed by atoms with Crippen LogP contribution < -0.4 is 14.6 Å². The second-order valence-corrected chi connectivity index (χ2v) is 8.50. The maximum atomic E-state index is 13.5. The monoisotopic (exact) mass is 399 g/mol. The van der Waals surface area contributed by atoms with Gasteiger partial charge in [-0.05, 0) is 56.2 Å². The summed E-state index contributed by atoms with van der Waals surface area (Å²) >= 11 is 0. The zero-order valence-corrected chi connectivity index (χ0v) is 17.6. The highest BCUT2D eigenvalue weighted by molar-refractivity contribution is 7.91. The van der Waals surface area contributed by atoms with E-state index in [9.17, 15) is 8.42 Å². The normalized spacial score (nSPS) is 11.6. The number of H-pyrrole nitrogens is 1. The molecule has 0 unspecified atom stereocenters. The molecule has 28 heavy (non-hydrogen) atoms. The number of pyridine rings is 1. The summed E-state index contributed by atoms with van der Waals surface area (Å²) in [5.74, 6) is 0.626. The summed E-state index contributed by atoms with van der Waals surface area (Å²) in [7, 11) is -2.14. The lowest BCUT2D eigenvalue weighted by Crippen LogP contribution is -2.26. The van der Waals surface area contributed by atoms with E-state index in [2.05, 4.69) is 28.9 Å². The number of anilines is 1. The van der Waals surface area contributed by atoms with E-state index in [1.807, 2.05) is 19.9 Å². The van der Waals surface area contributed by atoms with Crippen LogP contribution in [0.5, 0.6) is 5.75 Å². The Kier molecular flexibility index (Phi) is 5.89. The van der Waals surface area contributed by atoms with Crippen molar-refractivity contribution in [2.24, 2.45) is 0 Å². The third-order valence-electron chi connectivity index (χ3n) is 5.08. The molecule has 2 aromatic carbocycles. The van der Waals surface area contributed by atoms with Gasteiger partial charge in [-0.25, -0.2) is 13.4 Å². The highest BCUT2D eigenvalue weighted by atomic mass is 32.2. The number of benzene rings is 2. The van der Waals surface area contributed by atoms with Crippen molar-refractivity contribution in [3.05, 3.63) is 54.2 Å². The smallest absolute Gasteiger partial charge is 0.214 e. The van der Waals surface area contributed by atoms with Crippen molar-refractivity contribution in [3.8, 4) is 5.75 Å². The van der Waals surface area contributed by atoms with Crippen LogP contribution in [0.2, 0.25) is 0 Å². The summed E-state index contributed by atoms with van der Waals surface area (Å²) in [4.78, 5) is 5.83. The highest BCUT2D eigenvalue weighted by Crippen LogP contribution is 2.35. The Morgan fingerprint density at radius 1 is 1.00 bits per heavy atom. The molecule has 0 aliphatic rings. The first-order valence-corrected chi connectivity index (χ1v) is 11.1. The molecule has 0 atom stereocenters. The summed E-state index contributed by atoms with van der Waals surface area (Å²) in [6, 6.07) is 12.7. The van der Waals surface area contributed by atoms with Gasteiger partial charge >= 0.3 is 0 Å². The lowest BCUT2D eigenvalue weighted by Gasteiger charge is -2.24. The van der Waals surface area contributed by atoms with Gasteiger partial charge in [0.15, 0.2) is 11.1 Å². The Hall–Kier alpha value is -2.60. The molecule has 6 heteroatoms.